The Morgan fingerprint density at radius 3 is 2.25 bits per heavy atom. The largest absolute Gasteiger partial charge is 0.454 e. The lowest BCUT2D eigenvalue weighted by molar-refractivity contribution is 0.482. The van der Waals surface area contributed by atoms with Crippen LogP contribution in [0.25, 0.3) is 0 Å². The quantitative estimate of drug-likeness (QED) is 0.623. The fourth-order valence-electron chi connectivity index (χ4n) is 1.39. The van der Waals surface area contributed by atoms with E-state index in [2.05, 4.69) is 15.9 Å². The van der Waals surface area contributed by atoms with Crippen molar-refractivity contribution in [1.29, 1.82) is 0 Å². The van der Waals surface area contributed by atoms with Crippen LogP contribution in [-0.4, -0.2) is 8.42 Å². The molecule has 2 aromatic carbocycles. The molecule has 20 heavy (non-hydrogen) atoms. The first-order chi connectivity index (χ1) is 9.27. The minimum atomic E-state index is -3.83. The van der Waals surface area contributed by atoms with Crippen molar-refractivity contribution in [3.63, 3.8) is 0 Å². The van der Waals surface area contributed by atoms with Gasteiger partial charge in [0.25, 0.3) is 9.05 Å². The number of halogens is 4. The van der Waals surface area contributed by atoms with E-state index in [0.717, 1.165) is 4.47 Å². The second-order valence-corrected chi connectivity index (χ2v) is 8.00. The van der Waals surface area contributed by atoms with E-state index in [1.54, 1.807) is 18.2 Å². The van der Waals surface area contributed by atoms with Crippen LogP contribution >= 0.6 is 49.8 Å². The normalized spacial score (nSPS) is 11.4. The molecule has 0 radical (unpaired) electrons. The minimum Gasteiger partial charge on any atom is -0.454 e. The summed E-state index contributed by atoms with van der Waals surface area (Å²) in [6, 6.07) is 9.02. The van der Waals surface area contributed by atoms with Crippen LogP contribution < -0.4 is 4.74 Å². The highest BCUT2D eigenvalue weighted by Gasteiger charge is 2.14. The molecule has 0 amide bonds. The van der Waals surface area contributed by atoms with Gasteiger partial charge >= 0.3 is 0 Å². The predicted molar refractivity (Wildman–Crippen MR) is 83.7 cm³/mol. The van der Waals surface area contributed by atoms with Crippen molar-refractivity contribution in [3.8, 4) is 11.5 Å². The zero-order valence-electron chi connectivity index (χ0n) is 9.61. The maximum Gasteiger partial charge on any atom is 0.261 e. The van der Waals surface area contributed by atoms with E-state index in [-0.39, 0.29) is 15.7 Å². The summed E-state index contributed by atoms with van der Waals surface area (Å²) in [6.07, 6.45) is 0. The molecule has 0 aliphatic carbocycles. The summed E-state index contributed by atoms with van der Waals surface area (Å²) >= 11 is 15.3. The summed E-state index contributed by atoms with van der Waals surface area (Å²) in [6.45, 7) is 0. The van der Waals surface area contributed by atoms with Crippen LogP contribution in [0.1, 0.15) is 0 Å². The highest BCUT2D eigenvalue weighted by molar-refractivity contribution is 9.10. The summed E-state index contributed by atoms with van der Waals surface area (Å²) in [7, 11) is 1.40. The summed E-state index contributed by atoms with van der Waals surface area (Å²) in [5.41, 5.74) is 0. The van der Waals surface area contributed by atoms with Gasteiger partial charge in [0.2, 0.25) is 0 Å². The first-order valence-electron chi connectivity index (χ1n) is 5.14. The van der Waals surface area contributed by atoms with Crippen LogP contribution in [0.5, 0.6) is 11.5 Å². The molecule has 0 heterocycles. The maximum atomic E-state index is 11.2. The zero-order valence-corrected chi connectivity index (χ0v) is 14.3. The third-order valence-corrected chi connectivity index (χ3v) is 4.75. The standard InChI is InChI=1S/C12H6BrCl3O3S/c13-7-1-3-9(14)12(5-7)19-11-4-2-8(6-10(11)15)20(16,17)18/h1-6H. The van der Waals surface area contributed by atoms with Crippen LogP contribution in [0.4, 0.5) is 0 Å². The monoisotopic (exact) mass is 414 g/mol. The van der Waals surface area contributed by atoms with Gasteiger partial charge in [0.15, 0.2) is 0 Å². The average molecular weight is 417 g/mol. The van der Waals surface area contributed by atoms with E-state index in [4.69, 9.17) is 38.6 Å². The molecule has 0 saturated carbocycles. The van der Waals surface area contributed by atoms with E-state index in [9.17, 15) is 8.42 Å². The molecular formula is C12H6BrCl3O3S. The molecule has 3 nitrogen and oxygen atoms in total. The number of rotatable bonds is 3. The fourth-order valence-corrected chi connectivity index (χ4v) is 2.95. The fraction of sp³-hybridized carbons (Fsp3) is 0. The number of hydrogen-bond acceptors (Lipinski definition) is 3. The highest BCUT2D eigenvalue weighted by Crippen LogP contribution is 2.36. The number of benzene rings is 2. The van der Waals surface area contributed by atoms with Gasteiger partial charge in [-0.15, -0.1) is 0 Å². The molecule has 0 aliphatic rings. The van der Waals surface area contributed by atoms with Crippen molar-refractivity contribution >= 4 is 58.9 Å². The van der Waals surface area contributed by atoms with Gasteiger partial charge in [-0.2, -0.15) is 0 Å². The molecule has 0 aromatic heterocycles. The predicted octanol–water partition coefficient (Wildman–Crippen LogP) is 5.48. The molecule has 0 saturated heterocycles. The Labute approximate surface area is 139 Å². The summed E-state index contributed by atoms with van der Waals surface area (Å²) in [5.74, 6) is 0.667. The Hall–Kier alpha value is -0.460. The van der Waals surface area contributed by atoms with Crippen molar-refractivity contribution in [3.05, 3.63) is 50.9 Å². The smallest absolute Gasteiger partial charge is 0.261 e. The molecule has 2 rings (SSSR count). The lowest BCUT2D eigenvalue weighted by atomic mass is 10.3. The molecule has 106 valence electrons. The average Bonchev–Trinajstić information content (AvgIpc) is 2.35. The van der Waals surface area contributed by atoms with Gasteiger partial charge in [-0.25, -0.2) is 8.42 Å². The molecular weight excluding hydrogens is 410 g/mol. The van der Waals surface area contributed by atoms with Gasteiger partial charge in [-0.3, -0.25) is 0 Å². The van der Waals surface area contributed by atoms with Gasteiger partial charge in [-0.1, -0.05) is 39.1 Å². The SMILES string of the molecule is O=S(=O)(Cl)c1ccc(Oc2cc(Br)ccc2Cl)c(Cl)c1. The summed E-state index contributed by atoms with van der Waals surface area (Å²) in [5, 5.41) is 0.515. The van der Waals surface area contributed by atoms with E-state index >= 15 is 0 Å². The third-order valence-electron chi connectivity index (χ3n) is 2.30. The highest BCUT2D eigenvalue weighted by atomic mass is 79.9. The topological polar surface area (TPSA) is 43.4 Å². The molecule has 8 heteroatoms. The Morgan fingerprint density at radius 2 is 1.65 bits per heavy atom. The number of ether oxygens (including phenoxy) is 1. The second-order valence-electron chi connectivity index (χ2n) is 3.71. The second kappa shape index (κ2) is 6.12. The van der Waals surface area contributed by atoms with Crippen LogP contribution in [0.3, 0.4) is 0 Å². The molecule has 2 aromatic rings. The Kier molecular flexibility index (Phi) is 4.87. The van der Waals surface area contributed by atoms with E-state index < -0.39 is 9.05 Å². The number of hydrogen-bond donors (Lipinski definition) is 0. The lowest BCUT2D eigenvalue weighted by Crippen LogP contribution is -1.92. The van der Waals surface area contributed by atoms with Crippen LogP contribution in [0.15, 0.2) is 45.8 Å². The van der Waals surface area contributed by atoms with Gasteiger partial charge in [0, 0.05) is 15.2 Å². The summed E-state index contributed by atoms with van der Waals surface area (Å²) in [4.78, 5) is -0.100. The molecule has 0 N–H and O–H groups in total. The van der Waals surface area contributed by atoms with Crippen LogP contribution in [0.2, 0.25) is 10.0 Å². The lowest BCUT2D eigenvalue weighted by Gasteiger charge is -2.10. The molecule has 0 spiro atoms. The Bertz CT molecular complexity index is 763. The molecule has 0 fully saturated rings. The van der Waals surface area contributed by atoms with Crippen LogP contribution in [-0.2, 0) is 9.05 Å². The molecule has 0 unspecified atom stereocenters. The first-order valence-corrected chi connectivity index (χ1v) is 9.00. The molecule has 0 bridgehead atoms. The molecule has 0 atom stereocenters. The van der Waals surface area contributed by atoms with E-state index in [1.807, 2.05) is 0 Å². The van der Waals surface area contributed by atoms with Crippen molar-refractivity contribution in [2.24, 2.45) is 0 Å². The minimum absolute atomic E-state index is 0.100. The summed E-state index contributed by atoms with van der Waals surface area (Å²) < 4.78 is 28.7. The van der Waals surface area contributed by atoms with Crippen LogP contribution in [0, 0.1) is 0 Å². The Morgan fingerprint density at radius 1 is 0.950 bits per heavy atom. The maximum absolute atomic E-state index is 11.2. The van der Waals surface area contributed by atoms with E-state index in [1.165, 1.54) is 18.2 Å². The van der Waals surface area contributed by atoms with E-state index in [0.29, 0.717) is 10.8 Å². The van der Waals surface area contributed by atoms with Crippen molar-refractivity contribution in [2.75, 3.05) is 0 Å². The van der Waals surface area contributed by atoms with Gasteiger partial charge in [0.05, 0.1) is 14.9 Å². The molecule has 0 aliphatic heterocycles. The van der Waals surface area contributed by atoms with Gasteiger partial charge < -0.3 is 4.74 Å². The van der Waals surface area contributed by atoms with Gasteiger partial charge in [-0.05, 0) is 36.4 Å². The van der Waals surface area contributed by atoms with Gasteiger partial charge in [0.1, 0.15) is 11.5 Å². The van der Waals surface area contributed by atoms with Crippen molar-refractivity contribution < 1.29 is 13.2 Å². The van der Waals surface area contributed by atoms with Crippen molar-refractivity contribution in [1.82, 2.24) is 0 Å². The van der Waals surface area contributed by atoms with Crippen molar-refractivity contribution in [2.45, 2.75) is 4.90 Å². The Balaban J connectivity index is 2.38. The first kappa shape index (κ1) is 15.9. The third kappa shape index (κ3) is 3.80. The zero-order chi connectivity index (χ0) is 14.9.